The van der Waals surface area contributed by atoms with Crippen LogP contribution < -0.4 is 5.32 Å². The van der Waals surface area contributed by atoms with Gasteiger partial charge in [-0.25, -0.2) is 8.42 Å². The SMILES string of the molecule is C=CCN(Cc1ccc(C(=O)NCCc2ccccc2)cc1)S(=O)(=O)c1ccc(C)cc1. The summed E-state index contributed by atoms with van der Waals surface area (Å²) in [5, 5.41) is 2.92. The van der Waals surface area contributed by atoms with E-state index in [9.17, 15) is 13.2 Å². The van der Waals surface area contributed by atoms with Crippen molar-refractivity contribution in [3.05, 3.63) is 114 Å². The molecule has 0 spiro atoms. The lowest BCUT2D eigenvalue weighted by Crippen LogP contribution is -2.31. The van der Waals surface area contributed by atoms with Gasteiger partial charge in [-0.2, -0.15) is 4.31 Å². The molecule has 1 N–H and O–H groups in total. The molecule has 0 aliphatic rings. The highest BCUT2D eigenvalue weighted by atomic mass is 32.2. The van der Waals surface area contributed by atoms with Crippen molar-refractivity contribution in [2.45, 2.75) is 24.8 Å². The van der Waals surface area contributed by atoms with Gasteiger partial charge in [0.2, 0.25) is 10.0 Å². The first kappa shape index (κ1) is 23.4. The molecule has 0 fully saturated rings. The van der Waals surface area contributed by atoms with E-state index in [1.807, 2.05) is 37.3 Å². The lowest BCUT2D eigenvalue weighted by Gasteiger charge is -2.21. The number of amides is 1. The van der Waals surface area contributed by atoms with Gasteiger partial charge < -0.3 is 5.32 Å². The zero-order valence-corrected chi connectivity index (χ0v) is 19.0. The molecule has 1 amide bonds. The number of rotatable bonds is 10. The topological polar surface area (TPSA) is 66.5 Å². The molecule has 32 heavy (non-hydrogen) atoms. The predicted molar refractivity (Wildman–Crippen MR) is 128 cm³/mol. The Hall–Kier alpha value is -3.22. The Morgan fingerprint density at radius 1 is 0.938 bits per heavy atom. The summed E-state index contributed by atoms with van der Waals surface area (Å²) in [5.74, 6) is -0.150. The Bertz CT molecular complexity index is 1140. The van der Waals surface area contributed by atoms with Gasteiger partial charge in [-0.15, -0.1) is 6.58 Å². The molecule has 3 rings (SSSR count). The molecule has 0 heterocycles. The first-order valence-corrected chi connectivity index (χ1v) is 11.9. The number of hydrogen-bond acceptors (Lipinski definition) is 3. The number of nitrogens with one attached hydrogen (secondary N) is 1. The van der Waals surface area contributed by atoms with Crippen LogP contribution >= 0.6 is 0 Å². The van der Waals surface area contributed by atoms with Gasteiger partial charge in [-0.3, -0.25) is 4.79 Å². The number of carbonyl (C=O) groups is 1. The third-order valence-electron chi connectivity index (χ3n) is 5.11. The van der Waals surface area contributed by atoms with Gasteiger partial charge in [-0.1, -0.05) is 66.2 Å². The molecular formula is C26H28N2O3S. The van der Waals surface area contributed by atoms with Crippen LogP contribution in [0.1, 0.15) is 27.0 Å². The molecule has 0 aromatic heterocycles. The monoisotopic (exact) mass is 448 g/mol. The average Bonchev–Trinajstić information content (AvgIpc) is 2.80. The highest BCUT2D eigenvalue weighted by Gasteiger charge is 2.23. The standard InChI is InChI=1S/C26H28N2O3S/c1-3-19-28(32(30,31)25-15-9-21(2)10-16-25)20-23-11-13-24(14-12-23)26(29)27-18-17-22-7-5-4-6-8-22/h3-16H,1,17-20H2,2H3,(H,27,29). The van der Waals surface area contributed by atoms with Gasteiger partial charge >= 0.3 is 0 Å². The van der Waals surface area contributed by atoms with Gasteiger partial charge in [0.15, 0.2) is 0 Å². The molecule has 0 saturated heterocycles. The third-order valence-corrected chi connectivity index (χ3v) is 6.93. The molecule has 0 radical (unpaired) electrons. The van der Waals surface area contributed by atoms with E-state index in [0.717, 1.165) is 17.5 Å². The number of hydrogen-bond donors (Lipinski definition) is 1. The quantitative estimate of drug-likeness (QED) is 0.469. The molecule has 0 atom stereocenters. The van der Waals surface area contributed by atoms with Crippen molar-refractivity contribution >= 4 is 15.9 Å². The highest BCUT2D eigenvalue weighted by Crippen LogP contribution is 2.19. The van der Waals surface area contributed by atoms with E-state index < -0.39 is 10.0 Å². The van der Waals surface area contributed by atoms with E-state index in [4.69, 9.17) is 0 Å². The smallest absolute Gasteiger partial charge is 0.251 e. The van der Waals surface area contributed by atoms with Crippen LogP contribution in [0.5, 0.6) is 0 Å². The number of benzene rings is 3. The molecule has 166 valence electrons. The minimum absolute atomic E-state index is 0.150. The van der Waals surface area contributed by atoms with Crippen molar-refractivity contribution in [3.8, 4) is 0 Å². The van der Waals surface area contributed by atoms with E-state index >= 15 is 0 Å². The van der Waals surface area contributed by atoms with Crippen molar-refractivity contribution in [2.75, 3.05) is 13.1 Å². The summed E-state index contributed by atoms with van der Waals surface area (Å²) in [7, 11) is -3.66. The molecule has 5 nitrogen and oxygen atoms in total. The number of aryl methyl sites for hydroxylation is 1. The lowest BCUT2D eigenvalue weighted by molar-refractivity contribution is 0.0954. The van der Waals surface area contributed by atoms with E-state index in [1.165, 1.54) is 9.87 Å². The van der Waals surface area contributed by atoms with Crippen LogP contribution in [0.15, 0.2) is 96.4 Å². The Kier molecular flexibility index (Phi) is 7.98. The maximum atomic E-state index is 13.1. The molecular weight excluding hydrogens is 420 g/mol. The Balaban J connectivity index is 1.64. The van der Waals surface area contributed by atoms with Crippen molar-refractivity contribution in [1.82, 2.24) is 9.62 Å². The van der Waals surface area contributed by atoms with Crippen molar-refractivity contribution < 1.29 is 13.2 Å². The maximum Gasteiger partial charge on any atom is 0.251 e. The summed E-state index contributed by atoms with van der Waals surface area (Å²) in [6.45, 7) is 6.54. The Labute approximate surface area is 190 Å². The second-order valence-corrected chi connectivity index (χ2v) is 9.53. The first-order chi connectivity index (χ1) is 15.4. The number of nitrogens with zero attached hydrogens (tertiary/aromatic N) is 1. The molecule has 0 bridgehead atoms. The van der Waals surface area contributed by atoms with Crippen LogP contribution in [0.2, 0.25) is 0 Å². The van der Waals surface area contributed by atoms with Crippen molar-refractivity contribution in [3.63, 3.8) is 0 Å². The number of carbonyl (C=O) groups excluding carboxylic acids is 1. The van der Waals surface area contributed by atoms with Crippen molar-refractivity contribution in [2.24, 2.45) is 0 Å². The first-order valence-electron chi connectivity index (χ1n) is 10.5. The van der Waals surface area contributed by atoms with E-state index in [0.29, 0.717) is 12.1 Å². The molecule has 6 heteroatoms. The van der Waals surface area contributed by atoms with Gasteiger partial charge in [0.1, 0.15) is 0 Å². The van der Waals surface area contributed by atoms with Crippen LogP contribution in [-0.2, 0) is 23.0 Å². The average molecular weight is 449 g/mol. The molecule has 0 aliphatic heterocycles. The molecule has 3 aromatic carbocycles. The maximum absolute atomic E-state index is 13.1. The molecule has 0 unspecified atom stereocenters. The minimum Gasteiger partial charge on any atom is -0.352 e. The summed E-state index contributed by atoms with van der Waals surface area (Å²) in [5.41, 5.74) is 3.50. The fourth-order valence-electron chi connectivity index (χ4n) is 3.28. The zero-order valence-electron chi connectivity index (χ0n) is 18.2. The Morgan fingerprint density at radius 3 is 2.22 bits per heavy atom. The molecule has 0 saturated carbocycles. The largest absolute Gasteiger partial charge is 0.352 e. The van der Waals surface area contributed by atoms with Crippen LogP contribution in [0.4, 0.5) is 0 Å². The van der Waals surface area contributed by atoms with E-state index in [1.54, 1.807) is 54.6 Å². The zero-order chi connectivity index (χ0) is 23.0. The van der Waals surface area contributed by atoms with Crippen molar-refractivity contribution in [1.29, 1.82) is 0 Å². The second-order valence-electron chi connectivity index (χ2n) is 7.59. The van der Waals surface area contributed by atoms with Crippen LogP contribution in [0.3, 0.4) is 0 Å². The normalized spacial score (nSPS) is 11.3. The van der Waals surface area contributed by atoms with Gasteiger partial charge in [0, 0.05) is 25.2 Å². The van der Waals surface area contributed by atoms with Crippen LogP contribution in [0.25, 0.3) is 0 Å². The molecule has 3 aromatic rings. The second kappa shape index (κ2) is 10.9. The molecule has 0 aliphatic carbocycles. The Morgan fingerprint density at radius 2 is 1.59 bits per heavy atom. The van der Waals surface area contributed by atoms with E-state index in [-0.39, 0.29) is 23.9 Å². The predicted octanol–water partition coefficient (Wildman–Crippen LogP) is 4.34. The summed E-state index contributed by atoms with van der Waals surface area (Å²) in [6.07, 6.45) is 2.33. The fourth-order valence-corrected chi connectivity index (χ4v) is 4.68. The summed E-state index contributed by atoms with van der Waals surface area (Å²) in [6, 6.07) is 23.8. The number of sulfonamides is 1. The van der Waals surface area contributed by atoms with Gasteiger partial charge in [0.05, 0.1) is 4.90 Å². The highest BCUT2D eigenvalue weighted by molar-refractivity contribution is 7.89. The summed E-state index contributed by atoms with van der Waals surface area (Å²) >= 11 is 0. The third kappa shape index (κ3) is 6.15. The minimum atomic E-state index is -3.66. The fraction of sp³-hybridized carbons (Fsp3) is 0.192. The van der Waals surface area contributed by atoms with Crippen LogP contribution in [-0.4, -0.2) is 31.7 Å². The van der Waals surface area contributed by atoms with Gasteiger partial charge in [0.25, 0.3) is 5.91 Å². The lowest BCUT2D eigenvalue weighted by atomic mass is 10.1. The van der Waals surface area contributed by atoms with E-state index in [2.05, 4.69) is 11.9 Å². The summed E-state index contributed by atoms with van der Waals surface area (Å²) < 4.78 is 27.5. The van der Waals surface area contributed by atoms with Gasteiger partial charge in [-0.05, 0) is 48.7 Å². The van der Waals surface area contributed by atoms with Crippen LogP contribution in [0, 0.1) is 6.92 Å². The summed E-state index contributed by atoms with van der Waals surface area (Å²) in [4.78, 5) is 12.7.